The molecule has 0 amide bonds. The fraction of sp³-hybridized carbons (Fsp3) is 0.600. The molecule has 0 unspecified atom stereocenters. The van der Waals surface area contributed by atoms with E-state index >= 15 is 0 Å². The van der Waals surface area contributed by atoms with Crippen LogP contribution in [0.1, 0.15) is 32.3 Å². The molecule has 2 heteroatoms. The second kappa shape index (κ2) is 7.33. The number of para-hydroxylation sites is 1. The molecule has 17 heavy (non-hydrogen) atoms. The normalized spacial score (nSPS) is 11.2. The second-order valence-corrected chi connectivity index (χ2v) is 4.69. The van der Waals surface area contributed by atoms with E-state index in [9.17, 15) is 0 Å². The molecule has 0 aliphatic carbocycles. The van der Waals surface area contributed by atoms with E-state index in [1.165, 1.54) is 24.1 Å². The van der Waals surface area contributed by atoms with Gasteiger partial charge in [-0.2, -0.15) is 0 Å². The van der Waals surface area contributed by atoms with Crippen molar-refractivity contribution in [2.24, 2.45) is 0 Å². The van der Waals surface area contributed by atoms with Gasteiger partial charge in [0.25, 0.3) is 0 Å². The molecule has 0 heterocycles. The minimum absolute atomic E-state index is 0.716. The van der Waals surface area contributed by atoms with Crippen LogP contribution < -0.4 is 5.32 Å². The van der Waals surface area contributed by atoms with Gasteiger partial charge in [0.2, 0.25) is 0 Å². The van der Waals surface area contributed by atoms with Gasteiger partial charge in [0.15, 0.2) is 0 Å². The lowest BCUT2D eigenvalue weighted by atomic mass is 10.1. The molecule has 0 fully saturated rings. The van der Waals surface area contributed by atoms with Crippen molar-refractivity contribution >= 4 is 5.69 Å². The molecule has 1 rings (SSSR count). The molecule has 1 N–H and O–H groups in total. The lowest BCUT2D eigenvalue weighted by molar-refractivity contribution is 0.238. The molecule has 0 saturated heterocycles. The van der Waals surface area contributed by atoms with Crippen LogP contribution in [0.2, 0.25) is 0 Å². The molecule has 0 aliphatic heterocycles. The number of aryl methyl sites for hydroxylation is 1. The highest BCUT2D eigenvalue weighted by Gasteiger charge is 2.09. The maximum absolute atomic E-state index is 3.51. The van der Waals surface area contributed by atoms with Crippen molar-refractivity contribution in [3.63, 3.8) is 0 Å². The van der Waals surface area contributed by atoms with Crippen molar-refractivity contribution in [2.45, 2.75) is 39.7 Å². The van der Waals surface area contributed by atoms with Crippen LogP contribution in [0.25, 0.3) is 0 Å². The Morgan fingerprint density at radius 3 is 2.41 bits per heavy atom. The molecule has 0 radical (unpaired) electrons. The lowest BCUT2D eigenvalue weighted by Gasteiger charge is -2.26. The average molecular weight is 234 g/mol. The standard InChI is InChI=1S/C15H26N2/c1-5-14(6-2)17(4)12-11-16-15-10-8-7-9-13(15)3/h7-10,14,16H,5-6,11-12H2,1-4H3. The second-order valence-electron chi connectivity index (χ2n) is 4.69. The van der Waals surface area contributed by atoms with Gasteiger partial charge in [-0.15, -0.1) is 0 Å². The summed E-state index contributed by atoms with van der Waals surface area (Å²) in [5.41, 5.74) is 2.57. The van der Waals surface area contributed by atoms with Crippen LogP contribution in [0.3, 0.4) is 0 Å². The van der Waals surface area contributed by atoms with E-state index in [0.717, 1.165) is 13.1 Å². The van der Waals surface area contributed by atoms with E-state index in [-0.39, 0.29) is 0 Å². The maximum atomic E-state index is 3.51. The molecule has 2 nitrogen and oxygen atoms in total. The van der Waals surface area contributed by atoms with E-state index in [4.69, 9.17) is 0 Å². The summed E-state index contributed by atoms with van der Waals surface area (Å²) in [5, 5.41) is 3.51. The predicted molar refractivity (Wildman–Crippen MR) is 76.7 cm³/mol. The molecule has 0 saturated carbocycles. The van der Waals surface area contributed by atoms with Crippen LogP contribution in [0.15, 0.2) is 24.3 Å². The van der Waals surface area contributed by atoms with Gasteiger partial charge in [-0.05, 0) is 38.4 Å². The summed E-state index contributed by atoms with van der Waals surface area (Å²) >= 11 is 0. The van der Waals surface area contributed by atoms with Crippen LogP contribution in [-0.2, 0) is 0 Å². The van der Waals surface area contributed by atoms with Crippen molar-refractivity contribution in [3.8, 4) is 0 Å². The van der Waals surface area contributed by atoms with E-state index in [1.54, 1.807) is 0 Å². The van der Waals surface area contributed by atoms with Gasteiger partial charge in [-0.25, -0.2) is 0 Å². The molecular weight excluding hydrogens is 208 g/mol. The van der Waals surface area contributed by atoms with Crippen molar-refractivity contribution in [1.29, 1.82) is 0 Å². The molecule has 0 aliphatic rings. The number of anilines is 1. The van der Waals surface area contributed by atoms with Gasteiger partial charge in [0, 0.05) is 24.8 Å². The SMILES string of the molecule is CCC(CC)N(C)CCNc1ccccc1C. The Morgan fingerprint density at radius 1 is 1.18 bits per heavy atom. The molecule has 1 aromatic carbocycles. The van der Waals surface area contributed by atoms with Crippen LogP contribution in [0, 0.1) is 6.92 Å². The van der Waals surface area contributed by atoms with Crippen LogP contribution >= 0.6 is 0 Å². The Bertz CT molecular complexity index is 318. The molecular formula is C15H26N2. The number of hydrogen-bond acceptors (Lipinski definition) is 2. The number of nitrogens with one attached hydrogen (secondary N) is 1. The first kappa shape index (κ1) is 14.0. The van der Waals surface area contributed by atoms with E-state index in [1.807, 2.05) is 0 Å². The topological polar surface area (TPSA) is 15.3 Å². The zero-order chi connectivity index (χ0) is 12.7. The minimum Gasteiger partial charge on any atom is -0.384 e. The number of benzene rings is 1. The van der Waals surface area contributed by atoms with Crippen LogP contribution in [0.4, 0.5) is 5.69 Å². The zero-order valence-electron chi connectivity index (χ0n) is 11.7. The zero-order valence-corrected chi connectivity index (χ0v) is 11.7. The predicted octanol–water partition coefficient (Wildman–Crippen LogP) is 3.53. The maximum Gasteiger partial charge on any atom is 0.0370 e. The van der Waals surface area contributed by atoms with Gasteiger partial charge in [0.05, 0.1) is 0 Å². The van der Waals surface area contributed by atoms with Crippen molar-refractivity contribution in [3.05, 3.63) is 29.8 Å². The average Bonchev–Trinajstić information content (AvgIpc) is 2.33. The summed E-state index contributed by atoms with van der Waals surface area (Å²) in [6.45, 7) is 8.78. The van der Waals surface area contributed by atoms with Gasteiger partial charge in [0.1, 0.15) is 0 Å². The Hall–Kier alpha value is -1.02. The number of hydrogen-bond donors (Lipinski definition) is 1. The highest BCUT2D eigenvalue weighted by Crippen LogP contribution is 2.12. The third-order valence-corrected chi connectivity index (χ3v) is 3.49. The van der Waals surface area contributed by atoms with Crippen LogP contribution in [-0.4, -0.2) is 31.1 Å². The van der Waals surface area contributed by atoms with E-state index in [2.05, 4.69) is 62.3 Å². The molecule has 96 valence electrons. The Labute approximate surface area is 106 Å². The van der Waals surface area contributed by atoms with Gasteiger partial charge in [-0.1, -0.05) is 32.0 Å². The number of nitrogens with zero attached hydrogens (tertiary/aromatic N) is 1. The molecule has 0 atom stereocenters. The summed E-state index contributed by atoms with van der Waals surface area (Å²) in [6.07, 6.45) is 2.47. The lowest BCUT2D eigenvalue weighted by Crippen LogP contribution is -2.34. The van der Waals surface area contributed by atoms with Crippen molar-refractivity contribution in [1.82, 2.24) is 4.90 Å². The fourth-order valence-electron chi connectivity index (χ4n) is 2.23. The van der Waals surface area contributed by atoms with E-state index < -0.39 is 0 Å². The first-order chi connectivity index (χ1) is 8.19. The Kier molecular flexibility index (Phi) is 6.06. The molecule has 1 aromatic rings. The van der Waals surface area contributed by atoms with Gasteiger partial charge in [-0.3, -0.25) is 0 Å². The highest BCUT2D eigenvalue weighted by molar-refractivity contribution is 5.50. The third kappa shape index (κ3) is 4.39. The fourth-order valence-corrected chi connectivity index (χ4v) is 2.23. The quantitative estimate of drug-likeness (QED) is 0.776. The van der Waals surface area contributed by atoms with E-state index in [0.29, 0.717) is 6.04 Å². The van der Waals surface area contributed by atoms with Gasteiger partial charge < -0.3 is 10.2 Å². The first-order valence-electron chi connectivity index (χ1n) is 6.68. The largest absolute Gasteiger partial charge is 0.384 e. The molecule has 0 bridgehead atoms. The molecule has 0 aromatic heterocycles. The summed E-state index contributed by atoms with van der Waals surface area (Å²) in [7, 11) is 2.22. The smallest absolute Gasteiger partial charge is 0.0370 e. The van der Waals surface area contributed by atoms with Gasteiger partial charge >= 0.3 is 0 Å². The first-order valence-corrected chi connectivity index (χ1v) is 6.68. The summed E-state index contributed by atoms with van der Waals surface area (Å²) in [6, 6.07) is 9.17. The monoisotopic (exact) mass is 234 g/mol. The summed E-state index contributed by atoms with van der Waals surface area (Å²) < 4.78 is 0. The Balaban J connectivity index is 2.35. The molecule has 0 spiro atoms. The number of rotatable bonds is 7. The Morgan fingerprint density at radius 2 is 1.82 bits per heavy atom. The van der Waals surface area contributed by atoms with Crippen LogP contribution in [0.5, 0.6) is 0 Å². The van der Waals surface area contributed by atoms with Crippen molar-refractivity contribution < 1.29 is 0 Å². The van der Waals surface area contributed by atoms with Crippen molar-refractivity contribution in [2.75, 3.05) is 25.5 Å². The summed E-state index contributed by atoms with van der Waals surface area (Å²) in [5.74, 6) is 0. The number of likely N-dealkylation sites (N-methyl/N-ethyl adjacent to an activating group) is 1. The minimum atomic E-state index is 0.716. The highest BCUT2D eigenvalue weighted by atomic mass is 15.1. The summed E-state index contributed by atoms with van der Waals surface area (Å²) in [4.78, 5) is 2.45. The third-order valence-electron chi connectivity index (χ3n) is 3.49.